The molecule has 0 saturated heterocycles. The van der Waals surface area contributed by atoms with Crippen LogP contribution in [-0.4, -0.2) is 24.3 Å². The highest BCUT2D eigenvalue weighted by molar-refractivity contribution is 9.10. The first-order valence-corrected chi connectivity index (χ1v) is 10.8. The lowest BCUT2D eigenvalue weighted by atomic mass is 10.2. The molecule has 1 aliphatic rings. The first-order valence-electron chi connectivity index (χ1n) is 9.07. The van der Waals surface area contributed by atoms with E-state index in [1.807, 2.05) is 44.2 Å². The van der Waals surface area contributed by atoms with Gasteiger partial charge in [-0.2, -0.15) is 0 Å². The van der Waals surface area contributed by atoms with E-state index in [9.17, 15) is 4.79 Å². The topological polar surface area (TPSA) is 73.6 Å². The number of hydrogen-bond donors (Lipinski definition) is 1. The number of aryl methyl sites for hydroxylation is 2. The van der Waals surface area contributed by atoms with Crippen LogP contribution < -0.4 is 14.8 Å². The van der Waals surface area contributed by atoms with Gasteiger partial charge in [0.15, 0.2) is 11.5 Å². The fraction of sp³-hybridized carbons (Fsp3) is 0.238. The molecule has 0 fully saturated rings. The average Bonchev–Trinajstić information content (AvgIpc) is 3.04. The fourth-order valence-electron chi connectivity index (χ4n) is 2.99. The molecule has 1 N–H and O–H groups in total. The minimum absolute atomic E-state index is 0.191. The molecule has 0 saturated carbocycles. The zero-order valence-corrected chi connectivity index (χ0v) is 18.4. The number of rotatable bonds is 5. The summed E-state index contributed by atoms with van der Waals surface area (Å²) in [7, 11) is 0. The Labute approximate surface area is 181 Å². The summed E-state index contributed by atoms with van der Waals surface area (Å²) in [4.78, 5) is 13.9. The monoisotopic (exact) mass is 474 g/mol. The number of carbonyl (C=O) groups excluding carboxylic acids is 1. The summed E-state index contributed by atoms with van der Waals surface area (Å²) in [5.41, 5.74) is 3.16. The Hall–Kier alpha value is -2.45. The predicted octanol–water partition coefficient (Wildman–Crippen LogP) is 5.37. The number of carbonyl (C=O) groups is 1. The van der Waals surface area contributed by atoms with E-state index in [0.29, 0.717) is 41.7 Å². The van der Waals surface area contributed by atoms with E-state index < -0.39 is 0 Å². The third-order valence-electron chi connectivity index (χ3n) is 4.56. The lowest BCUT2D eigenvalue weighted by Gasteiger charge is -2.20. The molecule has 1 aromatic heterocycles. The quantitative estimate of drug-likeness (QED) is 0.501. The maximum atomic E-state index is 13.0. The smallest absolute Gasteiger partial charge is 0.256 e. The van der Waals surface area contributed by atoms with Crippen molar-refractivity contribution in [3.63, 3.8) is 0 Å². The Kier molecular flexibility index (Phi) is 5.82. The first kappa shape index (κ1) is 19.8. The van der Waals surface area contributed by atoms with Crippen LogP contribution >= 0.6 is 27.7 Å². The third kappa shape index (κ3) is 4.28. The van der Waals surface area contributed by atoms with Crippen molar-refractivity contribution < 1.29 is 18.8 Å². The van der Waals surface area contributed by atoms with Crippen LogP contribution in [0.4, 0.5) is 5.69 Å². The fourth-order valence-corrected chi connectivity index (χ4v) is 4.61. The molecule has 2 aromatic carbocycles. The van der Waals surface area contributed by atoms with Crippen LogP contribution in [0.3, 0.4) is 0 Å². The maximum absolute atomic E-state index is 13.0. The van der Waals surface area contributed by atoms with Gasteiger partial charge in [-0.15, -0.1) is 11.8 Å². The van der Waals surface area contributed by atoms with Crippen LogP contribution in [0.25, 0.3) is 0 Å². The summed E-state index contributed by atoms with van der Waals surface area (Å²) in [5, 5.41) is 6.96. The van der Waals surface area contributed by atoms with Crippen LogP contribution in [-0.2, 0) is 5.75 Å². The second kappa shape index (κ2) is 8.51. The number of fused-ring (bicyclic) bond motifs is 1. The summed E-state index contributed by atoms with van der Waals surface area (Å²) in [6, 6.07) is 11.1. The van der Waals surface area contributed by atoms with E-state index in [2.05, 4.69) is 26.4 Å². The highest BCUT2D eigenvalue weighted by Gasteiger charge is 2.19. The Bertz CT molecular complexity index is 1050. The number of halogens is 1. The van der Waals surface area contributed by atoms with Crippen LogP contribution in [0.15, 0.2) is 50.3 Å². The number of nitrogens with one attached hydrogen (secondary N) is 1. The van der Waals surface area contributed by atoms with Crippen molar-refractivity contribution in [2.24, 2.45) is 0 Å². The Morgan fingerprint density at radius 1 is 1.17 bits per heavy atom. The molecule has 0 atom stereocenters. The Morgan fingerprint density at radius 3 is 2.62 bits per heavy atom. The molecule has 29 heavy (non-hydrogen) atoms. The van der Waals surface area contributed by atoms with Crippen molar-refractivity contribution in [1.82, 2.24) is 5.16 Å². The number of nitrogens with zero attached hydrogens (tertiary/aromatic N) is 1. The van der Waals surface area contributed by atoms with Gasteiger partial charge in [0.05, 0.1) is 16.9 Å². The minimum atomic E-state index is -0.191. The van der Waals surface area contributed by atoms with Gasteiger partial charge in [-0.1, -0.05) is 17.3 Å². The molecule has 1 aliphatic heterocycles. The van der Waals surface area contributed by atoms with Gasteiger partial charge >= 0.3 is 0 Å². The van der Waals surface area contributed by atoms with E-state index in [1.165, 1.54) is 0 Å². The van der Waals surface area contributed by atoms with Crippen molar-refractivity contribution in [1.29, 1.82) is 0 Å². The number of anilines is 1. The van der Waals surface area contributed by atoms with Gasteiger partial charge in [-0.05, 0) is 41.9 Å². The van der Waals surface area contributed by atoms with E-state index in [-0.39, 0.29) is 5.91 Å². The third-order valence-corrected chi connectivity index (χ3v) is 6.32. The van der Waals surface area contributed by atoms with Crippen molar-refractivity contribution in [2.75, 3.05) is 18.5 Å². The van der Waals surface area contributed by atoms with Gasteiger partial charge in [0.1, 0.15) is 19.0 Å². The van der Waals surface area contributed by atoms with E-state index in [1.54, 1.807) is 17.8 Å². The molecule has 0 spiro atoms. The molecule has 0 unspecified atom stereocenters. The van der Waals surface area contributed by atoms with Crippen LogP contribution in [0, 0.1) is 13.8 Å². The summed E-state index contributed by atoms with van der Waals surface area (Å²) in [6.45, 7) is 4.82. The number of thioether (sulfide) groups is 1. The lowest BCUT2D eigenvalue weighted by Crippen LogP contribution is -2.17. The van der Waals surface area contributed by atoms with Crippen molar-refractivity contribution >= 4 is 39.3 Å². The summed E-state index contributed by atoms with van der Waals surface area (Å²) < 4.78 is 17.1. The Morgan fingerprint density at radius 2 is 1.90 bits per heavy atom. The van der Waals surface area contributed by atoms with Crippen molar-refractivity contribution in [3.05, 3.63) is 63.5 Å². The molecule has 0 aliphatic carbocycles. The van der Waals surface area contributed by atoms with Crippen LogP contribution in [0.5, 0.6) is 11.5 Å². The molecular weight excluding hydrogens is 456 g/mol. The Balaban J connectivity index is 1.54. The molecule has 0 radical (unpaired) electrons. The van der Waals surface area contributed by atoms with E-state index in [0.717, 1.165) is 26.4 Å². The highest BCUT2D eigenvalue weighted by Crippen LogP contribution is 2.38. The predicted molar refractivity (Wildman–Crippen MR) is 115 cm³/mol. The van der Waals surface area contributed by atoms with E-state index in [4.69, 9.17) is 14.0 Å². The molecule has 1 amide bonds. The summed E-state index contributed by atoms with van der Waals surface area (Å²) in [6.07, 6.45) is 0. The van der Waals surface area contributed by atoms with Crippen molar-refractivity contribution in [2.45, 2.75) is 24.5 Å². The molecule has 3 aromatic rings. The molecule has 0 bridgehead atoms. The molecular formula is C21H19BrN2O4S. The van der Waals surface area contributed by atoms with Gasteiger partial charge < -0.3 is 19.3 Å². The molecule has 8 heteroatoms. The highest BCUT2D eigenvalue weighted by atomic mass is 79.9. The minimum Gasteiger partial charge on any atom is -0.486 e. The van der Waals surface area contributed by atoms with Crippen molar-refractivity contribution in [3.8, 4) is 11.5 Å². The van der Waals surface area contributed by atoms with Gasteiger partial charge in [0.2, 0.25) is 0 Å². The average molecular weight is 475 g/mol. The lowest BCUT2D eigenvalue weighted by molar-refractivity contribution is 0.102. The molecule has 150 valence electrons. The normalized spacial score (nSPS) is 12.7. The first-order chi connectivity index (χ1) is 14.0. The maximum Gasteiger partial charge on any atom is 0.256 e. The number of aromatic nitrogens is 1. The van der Waals surface area contributed by atoms with Crippen LogP contribution in [0.1, 0.15) is 27.4 Å². The number of benzene rings is 2. The largest absolute Gasteiger partial charge is 0.486 e. The zero-order valence-electron chi connectivity index (χ0n) is 16.0. The van der Waals surface area contributed by atoms with Gasteiger partial charge in [0.25, 0.3) is 5.91 Å². The number of hydrogen-bond acceptors (Lipinski definition) is 6. The molecule has 4 rings (SSSR count). The van der Waals surface area contributed by atoms with Gasteiger partial charge in [-0.25, -0.2) is 0 Å². The SMILES string of the molecule is Cc1noc(C)c1CSc1ccccc1C(=O)Nc1cc2c(cc1Br)OCCO2. The summed E-state index contributed by atoms with van der Waals surface area (Å²) >= 11 is 5.08. The zero-order chi connectivity index (χ0) is 20.4. The second-order valence-corrected chi connectivity index (χ2v) is 8.39. The molecule has 6 nitrogen and oxygen atoms in total. The van der Waals surface area contributed by atoms with Gasteiger partial charge in [-0.3, -0.25) is 4.79 Å². The van der Waals surface area contributed by atoms with E-state index >= 15 is 0 Å². The molecule has 2 heterocycles. The summed E-state index contributed by atoms with van der Waals surface area (Å²) in [5.74, 6) is 2.58. The number of ether oxygens (including phenoxy) is 2. The standard InChI is InChI=1S/C21H19BrN2O4S/c1-12-15(13(2)28-24-12)11-29-20-6-4-3-5-14(20)21(25)23-17-10-19-18(9-16(17)22)26-7-8-27-19/h3-6,9-10H,7-8,11H2,1-2H3,(H,23,25). The van der Waals surface area contributed by atoms with Gasteiger partial charge in [0, 0.05) is 32.8 Å². The second-order valence-electron chi connectivity index (χ2n) is 6.52. The number of amides is 1. The van der Waals surface area contributed by atoms with Crippen LogP contribution in [0.2, 0.25) is 0 Å².